The molecule has 0 saturated heterocycles. The van der Waals surface area contributed by atoms with Crippen LogP contribution in [0.5, 0.6) is 0 Å². The fourth-order valence-electron chi connectivity index (χ4n) is 0.857. The van der Waals surface area contributed by atoms with Gasteiger partial charge in [0.15, 0.2) is 11.4 Å². The average molecular weight is 206 g/mol. The summed E-state index contributed by atoms with van der Waals surface area (Å²) in [4.78, 5) is 22.3. The highest BCUT2D eigenvalue weighted by atomic mass is 32.1. The molecule has 0 bridgehead atoms. The second-order valence-corrected chi connectivity index (χ2v) is 3.25. The predicted octanol–water partition coefficient (Wildman–Crippen LogP) is 1.49. The molecule has 2 aromatic rings. The van der Waals surface area contributed by atoms with E-state index >= 15 is 0 Å². The maximum atomic E-state index is 10.4. The van der Waals surface area contributed by atoms with E-state index in [0.717, 1.165) is 0 Å². The van der Waals surface area contributed by atoms with Crippen molar-refractivity contribution in [1.29, 1.82) is 0 Å². The third kappa shape index (κ3) is 1.91. The quantitative estimate of drug-likeness (QED) is 0.770. The number of rotatable bonds is 3. The molecule has 14 heavy (non-hydrogen) atoms. The van der Waals surface area contributed by atoms with E-state index in [1.54, 1.807) is 23.8 Å². The molecule has 0 fully saturated rings. The van der Waals surface area contributed by atoms with Gasteiger partial charge in [-0.15, -0.1) is 11.3 Å². The number of aldehydes is 1. The summed E-state index contributed by atoms with van der Waals surface area (Å²) in [6.07, 6.45) is 3.96. The Kier molecular flexibility index (Phi) is 2.46. The molecule has 6 heteroatoms. The molecule has 0 spiro atoms. The van der Waals surface area contributed by atoms with E-state index in [0.29, 0.717) is 23.1 Å². The molecule has 0 atom stereocenters. The minimum atomic E-state index is 0.411. The molecule has 0 unspecified atom stereocenters. The molecule has 2 aromatic heterocycles. The first-order chi connectivity index (χ1) is 6.88. The number of carbonyl (C=O) groups excluding carboxylic acids is 1. The first kappa shape index (κ1) is 8.76. The molecule has 1 N–H and O–H groups in total. The van der Waals surface area contributed by atoms with Crippen molar-refractivity contribution in [2.75, 3.05) is 5.32 Å². The maximum Gasteiger partial charge on any atom is 0.228 e. The molecule has 0 saturated carbocycles. The normalized spacial score (nSPS) is 9.71. The molecular formula is C8H6N4OS. The van der Waals surface area contributed by atoms with Crippen molar-refractivity contribution >= 4 is 28.7 Å². The lowest BCUT2D eigenvalue weighted by Crippen LogP contribution is -1.95. The lowest BCUT2D eigenvalue weighted by molar-refractivity contribution is 0.111. The second-order valence-electron chi connectivity index (χ2n) is 2.39. The van der Waals surface area contributed by atoms with Gasteiger partial charge in [-0.1, -0.05) is 0 Å². The van der Waals surface area contributed by atoms with Gasteiger partial charge >= 0.3 is 0 Å². The van der Waals surface area contributed by atoms with E-state index in [4.69, 9.17) is 0 Å². The van der Waals surface area contributed by atoms with Gasteiger partial charge in [0, 0.05) is 17.8 Å². The zero-order valence-corrected chi connectivity index (χ0v) is 7.86. The van der Waals surface area contributed by atoms with Crippen LogP contribution in [0.1, 0.15) is 10.5 Å². The Morgan fingerprint density at radius 1 is 1.36 bits per heavy atom. The summed E-state index contributed by atoms with van der Waals surface area (Å²) in [5.41, 5.74) is 0.411. The zero-order chi connectivity index (χ0) is 9.80. The zero-order valence-electron chi connectivity index (χ0n) is 7.04. The summed E-state index contributed by atoms with van der Waals surface area (Å²) in [6, 6.07) is 1.73. The van der Waals surface area contributed by atoms with Gasteiger partial charge in [0.05, 0.1) is 0 Å². The highest BCUT2D eigenvalue weighted by Gasteiger charge is 2.01. The van der Waals surface area contributed by atoms with Gasteiger partial charge in [0.25, 0.3) is 0 Å². The second kappa shape index (κ2) is 3.93. The van der Waals surface area contributed by atoms with Gasteiger partial charge in [-0.2, -0.15) is 0 Å². The summed E-state index contributed by atoms with van der Waals surface area (Å²) >= 11 is 1.34. The van der Waals surface area contributed by atoms with Crippen LogP contribution >= 0.6 is 11.3 Å². The fraction of sp³-hybridized carbons (Fsp3) is 0. The van der Waals surface area contributed by atoms with Crippen molar-refractivity contribution in [2.24, 2.45) is 0 Å². The van der Waals surface area contributed by atoms with Crippen molar-refractivity contribution in [3.05, 3.63) is 29.5 Å². The van der Waals surface area contributed by atoms with Gasteiger partial charge in [0.2, 0.25) is 5.95 Å². The Morgan fingerprint density at radius 2 is 2.14 bits per heavy atom. The number of aromatic nitrogens is 3. The molecule has 2 heterocycles. The minimum Gasteiger partial charge on any atom is -0.300 e. The Labute approximate surface area is 83.9 Å². The van der Waals surface area contributed by atoms with Gasteiger partial charge in [0.1, 0.15) is 5.69 Å². The van der Waals surface area contributed by atoms with Crippen LogP contribution in [0.3, 0.4) is 0 Å². The number of hydrogen-bond donors (Lipinski definition) is 1. The van der Waals surface area contributed by atoms with Crippen molar-refractivity contribution in [3.63, 3.8) is 0 Å². The highest BCUT2D eigenvalue weighted by molar-refractivity contribution is 7.13. The standard InChI is InChI=1S/C8H6N4OS/c13-4-6-5-14-8(11-6)12-7-9-2-1-3-10-7/h1-5H,(H,9,10,11,12). The van der Waals surface area contributed by atoms with Crippen LogP contribution in [0.4, 0.5) is 11.1 Å². The van der Waals surface area contributed by atoms with E-state index in [1.165, 1.54) is 11.3 Å². The SMILES string of the molecule is O=Cc1csc(Nc2ncccn2)n1. The van der Waals surface area contributed by atoms with Crippen molar-refractivity contribution in [3.8, 4) is 0 Å². The van der Waals surface area contributed by atoms with Crippen LogP contribution < -0.4 is 5.32 Å². The van der Waals surface area contributed by atoms with Crippen LogP contribution in [0, 0.1) is 0 Å². The third-order valence-electron chi connectivity index (χ3n) is 1.43. The fourth-order valence-corrected chi connectivity index (χ4v) is 1.51. The summed E-state index contributed by atoms with van der Waals surface area (Å²) in [7, 11) is 0. The van der Waals surface area contributed by atoms with E-state index in [9.17, 15) is 4.79 Å². The summed E-state index contributed by atoms with van der Waals surface area (Å²) in [5.74, 6) is 0.472. The molecule has 70 valence electrons. The van der Waals surface area contributed by atoms with Crippen molar-refractivity contribution in [2.45, 2.75) is 0 Å². The molecule has 0 aromatic carbocycles. The molecule has 0 amide bonds. The Morgan fingerprint density at radius 3 is 2.79 bits per heavy atom. The average Bonchev–Trinajstić information content (AvgIpc) is 2.67. The van der Waals surface area contributed by atoms with E-state index in [-0.39, 0.29) is 0 Å². The molecule has 5 nitrogen and oxygen atoms in total. The van der Waals surface area contributed by atoms with E-state index in [1.807, 2.05) is 0 Å². The van der Waals surface area contributed by atoms with Crippen LogP contribution in [0.25, 0.3) is 0 Å². The predicted molar refractivity (Wildman–Crippen MR) is 52.8 cm³/mol. The number of nitrogens with zero attached hydrogens (tertiary/aromatic N) is 3. The lowest BCUT2D eigenvalue weighted by Gasteiger charge is -1.97. The van der Waals surface area contributed by atoms with Crippen LogP contribution in [0.15, 0.2) is 23.8 Å². The first-order valence-electron chi connectivity index (χ1n) is 3.83. The monoisotopic (exact) mass is 206 g/mol. The highest BCUT2D eigenvalue weighted by Crippen LogP contribution is 2.16. The largest absolute Gasteiger partial charge is 0.300 e. The van der Waals surface area contributed by atoms with Crippen LogP contribution in [0.2, 0.25) is 0 Å². The van der Waals surface area contributed by atoms with Crippen LogP contribution in [-0.2, 0) is 0 Å². The first-order valence-corrected chi connectivity index (χ1v) is 4.71. The molecular weight excluding hydrogens is 200 g/mol. The van der Waals surface area contributed by atoms with E-state index in [2.05, 4.69) is 20.3 Å². The third-order valence-corrected chi connectivity index (χ3v) is 2.20. The summed E-state index contributed by atoms with van der Waals surface area (Å²) in [6.45, 7) is 0. The van der Waals surface area contributed by atoms with Gasteiger partial charge in [-0.25, -0.2) is 15.0 Å². The Hall–Kier alpha value is -1.82. The van der Waals surface area contributed by atoms with Crippen LogP contribution in [-0.4, -0.2) is 21.2 Å². The van der Waals surface area contributed by atoms with Crippen molar-refractivity contribution < 1.29 is 4.79 Å². The number of anilines is 2. The molecule has 0 aliphatic carbocycles. The Bertz CT molecular complexity index is 428. The summed E-state index contributed by atoms with van der Waals surface area (Å²) < 4.78 is 0. The van der Waals surface area contributed by atoms with Gasteiger partial charge in [-0.05, 0) is 6.07 Å². The smallest absolute Gasteiger partial charge is 0.228 e. The van der Waals surface area contributed by atoms with Gasteiger partial charge < -0.3 is 5.32 Å². The van der Waals surface area contributed by atoms with Crippen molar-refractivity contribution in [1.82, 2.24) is 15.0 Å². The topological polar surface area (TPSA) is 67.8 Å². The number of carbonyl (C=O) groups is 1. The lowest BCUT2D eigenvalue weighted by atomic mass is 10.6. The number of nitrogens with one attached hydrogen (secondary N) is 1. The number of thiazole rings is 1. The Balaban J connectivity index is 2.15. The van der Waals surface area contributed by atoms with E-state index < -0.39 is 0 Å². The van der Waals surface area contributed by atoms with Gasteiger partial charge in [-0.3, -0.25) is 4.79 Å². The molecule has 0 aliphatic rings. The number of hydrogen-bond acceptors (Lipinski definition) is 6. The molecule has 0 radical (unpaired) electrons. The summed E-state index contributed by atoms with van der Waals surface area (Å²) in [5, 5.41) is 5.16. The molecule has 2 rings (SSSR count). The minimum absolute atomic E-state index is 0.411. The molecule has 0 aliphatic heterocycles. The maximum absolute atomic E-state index is 10.4.